The van der Waals surface area contributed by atoms with E-state index in [1.54, 1.807) is 0 Å². The zero-order valence-corrected chi connectivity index (χ0v) is 11.2. The molecule has 0 saturated heterocycles. The Bertz CT molecular complexity index is 650. The van der Waals surface area contributed by atoms with Crippen molar-refractivity contribution >= 4 is 11.9 Å². The largest absolute Gasteiger partial charge is 0.335 e. The first kappa shape index (κ1) is 13.2. The number of hydrogen-bond acceptors (Lipinski definition) is 5. The number of carbonyl (C=O) groups is 2. The number of rotatable bonds is 4. The summed E-state index contributed by atoms with van der Waals surface area (Å²) >= 11 is 0. The number of carbonyl (C=O) groups excluding carboxylic acids is 2. The van der Waals surface area contributed by atoms with Crippen LogP contribution in [0.5, 0.6) is 0 Å². The van der Waals surface area contributed by atoms with Crippen molar-refractivity contribution in [2.75, 3.05) is 0 Å². The van der Waals surface area contributed by atoms with Gasteiger partial charge in [-0.05, 0) is 18.1 Å². The molecule has 0 aliphatic heterocycles. The SMILES string of the molecule is O=C(Cn1nnc(-c2ccccc2)n1)NC(=O)NC1CC1. The normalized spacial score (nSPS) is 13.7. The molecule has 3 rings (SSSR count). The highest BCUT2D eigenvalue weighted by Crippen LogP contribution is 2.18. The van der Waals surface area contributed by atoms with Gasteiger partial charge in [-0.25, -0.2) is 4.79 Å². The van der Waals surface area contributed by atoms with E-state index in [0.717, 1.165) is 23.2 Å². The van der Waals surface area contributed by atoms with Gasteiger partial charge in [0.15, 0.2) is 0 Å². The highest BCUT2D eigenvalue weighted by atomic mass is 16.2. The van der Waals surface area contributed by atoms with Crippen LogP contribution in [0.4, 0.5) is 4.79 Å². The number of nitrogens with zero attached hydrogens (tertiary/aromatic N) is 4. The van der Waals surface area contributed by atoms with Gasteiger partial charge in [-0.15, -0.1) is 10.2 Å². The van der Waals surface area contributed by atoms with E-state index in [-0.39, 0.29) is 12.6 Å². The third-order valence-corrected chi connectivity index (χ3v) is 2.94. The Labute approximate surface area is 120 Å². The number of amides is 3. The molecule has 1 heterocycles. The van der Waals surface area contributed by atoms with Gasteiger partial charge < -0.3 is 5.32 Å². The highest BCUT2D eigenvalue weighted by molar-refractivity contribution is 5.94. The van der Waals surface area contributed by atoms with Crippen LogP contribution in [0.25, 0.3) is 11.4 Å². The van der Waals surface area contributed by atoms with Gasteiger partial charge in [-0.1, -0.05) is 30.3 Å². The Balaban J connectivity index is 1.56. The second kappa shape index (κ2) is 5.70. The third-order valence-electron chi connectivity index (χ3n) is 2.94. The molecular formula is C13H14N6O2. The smallest absolute Gasteiger partial charge is 0.321 e. The summed E-state index contributed by atoms with van der Waals surface area (Å²) in [6.07, 6.45) is 1.93. The Kier molecular flexibility index (Phi) is 3.59. The fourth-order valence-corrected chi connectivity index (χ4v) is 1.76. The molecule has 3 amide bonds. The number of hydrogen-bond donors (Lipinski definition) is 2. The van der Waals surface area contributed by atoms with Crippen molar-refractivity contribution in [1.82, 2.24) is 30.8 Å². The fourth-order valence-electron chi connectivity index (χ4n) is 1.76. The van der Waals surface area contributed by atoms with E-state index in [1.165, 1.54) is 0 Å². The highest BCUT2D eigenvalue weighted by Gasteiger charge is 2.24. The zero-order valence-electron chi connectivity index (χ0n) is 11.2. The fraction of sp³-hybridized carbons (Fsp3) is 0.308. The second-order valence-electron chi connectivity index (χ2n) is 4.81. The summed E-state index contributed by atoms with van der Waals surface area (Å²) in [5, 5.41) is 16.7. The minimum absolute atomic E-state index is 0.155. The minimum atomic E-state index is -0.481. The summed E-state index contributed by atoms with van der Waals surface area (Å²) in [5.74, 6) is -0.0454. The average Bonchev–Trinajstić information content (AvgIpc) is 3.15. The molecule has 1 fully saturated rings. The molecule has 0 bridgehead atoms. The standard InChI is InChI=1S/C13H14N6O2/c20-11(15-13(21)14-10-6-7-10)8-19-17-12(16-18-19)9-4-2-1-3-5-9/h1-5,10H,6-8H2,(H2,14,15,20,21). The van der Waals surface area contributed by atoms with Crippen LogP contribution in [0.3, 0.4) is 0 Å². The first-order valence-corrected chi connectivity index (χ1v) is 6.64. The summed E-state index contributed by atoms with van der Waals surface area (Å²) < 4.78 is 0. The summed E-state index contributed by atoms with van der Waals surface area (Å²) in [6, 6.07) is 9.04. The summed E-state index contributed by atoms with van der Waals surface area (Å²) in [5.41, 5.74) is 0.815. The number of aromatic nitrogens is 4. The first-order chi connectivity index (χ1) is 10.2. The van der Waals surface area contributed by atoms with Gasteiger partial charge in [-0.2, -0.15) is 4.80 Å². The van der Waals surface area contributed by atoms with Gasteiger partial charge in [0, 0.05) is 11.6 Å². The quantitative estimate of drug-likeness (QED) is 0.843. The average molecular weight is 286 g/mol. The lowest BCUT2D eigenvalue weighted by Gasteiger charge is -2.04. The summed E-state index contributed by atoms with van der Waals surface area (Å²) in [4.78, 5) is 24.2. The van der Waals surface area contributed by atoms with Gasteiger partial charge >= 0.3 is 6.03 Å². The number of imide groups is 1. The van der Waals surface area contributed by atoms with Crippen LogP contribution in [0, 0.1) is 0 Å². The van der Waals surface area contributed by atoms with Crippen LogP contribution in [-0.4, -0.2) is 38.2 Å². The van der Waals surface area contributed by atoms with E-state index in [9.17, 15) is 9.59 Å². The van der Waals surface area contributed by atoms with E-state index in [1.807, 2.05) is 30.3 Å². The molecule has 21 heavy (non-hydrogen) atoms. The van der Waals surface area contributed by atoms with Crippen molar-refractivity contribution in [1.29, 1.82) is 0 Å². The van der Waals surface area contributed by atoms with Crippen molar-refractivity contribution in [3.63, 3.8) is 0 Å². The molecule has 1 saturated carbocycles. The Hall–Kier alpha value is -2.77. The molecule has 1 aliphatic carbocycles. The van der Waals surface area contributed by atoms with Crippen LogP contribution in [-0.2, 0) is 11.3 Å². The molecular weight excluding hydrogens is 272 g/mol. The van der Waals surface area contributed by atoms with E-state index in [4.69, 9.17) is 0 Å². The van der Waals surface area contributed by atoms with E-state index in [2.05, 4.69) is 26.0 Å². The van der Waals surface area contributed by atoms with Crippen molar-refractivity contribution in [2.24, 2.45) is 0 Å². The van der Waals surface area contributed by atoms with Gasteiger partial charge in [0.2, 0.25) is 5.82 Å². The lowest BCUT2D eigenvalue weighted by Crippen LogP contribution is -2.42. The lowest BCUT2D eigenvalue weighted by molar-refractivity contribution is -0.121. The molecule has 0 unspecified atom stereocenters. The molecule has 8 nitrogen and oxygen atoms in total. The molecule has 2 aromatic rings. The third kappa shape index (κ3) is 3.62. The zero-order chi connectivity index (χ0) is 14.7. The molecule has 1 aromatic heterocycles. The molecule has 0 atom stereocenters. The van der Waals surface area contributed by atoms with E-state index < -0.39 is 11.9 Å². The maximum atomic E-state index is 11.7. The van der Waals surface area contributed by atoms with Gasteiger partial charge in [0.1, 0.15) is 6.54 Å². The van der Waals surface area contributed by atoms with Gasteiger partial charge in [0.05, 0.1) is 0 Å². The predicted octanol–water partition coefficient (Wildman–Crippen LogP) is 0.328. The van der Waals surface area contributed by atoms with Crippen LogP contribution in [0.2, 0.25) is 0 Å². The molecule has 0 radical (unpaired) electrons. The molecule has 1 aromatic carbocycles. The molecule has 1 aliphatic rings. The number of benzene rings is 1. The topological polar surface area (TPSA) is 102 Å². The van der Waals surface area contributed by atoms with E-state index >= 15 is 0 Å². The van der Waals surface area contributed by atoms with Crippen LogP contribution in [0.1, 0.15) is 12.8 Å². The first-order valence-electron chi connectivity index (χ1n) is 6.64. The van der Waals surface area contributed by atoms with Crippen molar-refractivity contribution in [3.05, 3.63) is 30.3 Å². The van der Waals surface area contributed by atoms with Crippen molar-refractivity contribution in [3.8, 4) is 11.4 Å². The van der Waals surface area contributed by atoms with E-state index in [0.29, 0.717) is 5.82 Å². The molecule has 108 valence electrons. The second-order valence-corrected chi connectivity index (χ2v) is 4.81. The maximum absolute atomic E-state index is 11.7. The molecule has 8 heteroatoms. The Morgan fingerprint density at radius 2 is 2.00 bits per heavy atom. The number of urea groups is 1. The lowest BCUT2D eigenvalue weighted by atomic mass is 10.2. The summed E-state index contributed by atoms with van der Waals surface area (Å²) in [6.45, 7) is -0.155. The van der Waals surface area contributed by atoms with Crippen molar-refractivity contribution in [2.45, 2.75) is 25.4 Å². The molecule has 0 spiro atoms. The number of nitrogens with one attached hydrogen (secondary N) is 2. The Morgan fingerprint density at radius 1 is 1.24 bits per heavy atom. The molecule has 2 N–H and O–H groups in total. The van der Waals surface area contributed by atoms with Crippen LogP contribution < -0.4 is 10.6 Å². The van der Waals surface area contributed by atoms with Crippen LogP contribution >= 0.6 is 0 Å². The monoisotopic (exact) mass is 286 g/mol. The van der Waals surface area contributed by atoms with Crippen molar-refractivity contribution < 1.29 is 9.59 Å². The van der Waals surface area contributed by atoms with Gasteiger partial charge in [0.25, 0.3) is 5.91 Å². The predicted molar refractivity (Wildman–Crippen MR) is 72.9 cm³/mol. The minimum Gasteiger partial charge on any atom is -0.335 e. The maximum Gasteiger partial charge on any atom is 0.321 e. The number of tetrazole rings is 1. The van der Waals surface area contributed by atoms with Crippen LogP contribution in [0.15, 0.2) is 30.3 Å². The summed E-state index contributed by atoms with van der Waals surface area (Å²) in [7, 11) is 0. The Morgan fingerprint density at radius 3 is 2.71 bits per heavy atom. The van der Waals surface area contributed by atoms with Gasteiger partial charge in [-0.3, -0.25) is 10.1 Å².